The molecule has 4 heterocycles. The van der Waals surface area contributed by atoms with Crippen LogP contribution >= 0.6 is 0 Å². The lowest BCUT2D eigenvalue weighted by Crippen LogP contribution is -2.30. The third-order valence-electron chi connectivity index (χ3n) is 4.91. The predicted molar refractivity (Wildman–Crippen MR) is 101 cm³/mol. The maximum atomic E-state index is 11.1. The van der Waals surface area contributed by atoms with Crippen molar-refractivity contribution in [1.82, 2.24) is 14.9 Å². The smallest absolute Gasteiger partial charge is 0.407 e. The van der Waals surface area contributed by atoms with Crippen LogP contribution in [0.25, 0.3) is 0 Å². The van der Waals surface area contributed by atoms with E-state index in [-0.39, 0.29) is 6.10 Å². The number of likely N-dealkylation sites (tertiary alicyclic amines) is 1. The maximum absolute atomic E-state index is 11.1. The van der Waals surface area contributed by atoms with Crippen molar-refractivity contribution in [2.24, 2.45) is 0 Å². The molecule has 2 aliphatic rings. The first-order chi connectivity index (χ1) is 13.5. The molecule has 0 aromatic carbocycles. The molecule has 0 aliphatic carbocycles. The third kappa shape index (κ3) is 3.47. The summed E-state index contributed by atoms with van der Waals surface area (Å²) in [6.45, 7) is 3.97. The minimum absolute atomic E-state index is 0.204. The van der Waals surface area contributed by atoms with E-state index >= 15 is 0 Å². The number of pyridine rings is 2. The molecule has 1 fully saturated rings. The van der Waals surface area contributed by atoms with Crippen LogP contribution in [0.15, 0.2) is 24.5 Å². The monoisotopic (exact) mass is 386 g/mol. The number of carbonyl (C=O) groups is 1. The molecule has 2 aromatic heterocycles. The SMILES string of the molecule is COc1ncc(N2CCOc3cnc(OC4CCN(C(=O)O)C4)cc32)cc1C. The highest BCUT2D eigenvalue weighted by atomic mass is 16.5. The average Bonchev–Trinajstić information content (AvgIpc) is 3.16. The fraction of sp³-hybridized carbons (Fsp3) is 0.421. The van der Waals surface area contributed by atoms with Crippen molar-refractivity contribution in [3.63, 3.8) is 0 Å². The molecule has 2 aromatic rings. The summed E-state index contributed by atoms with van der Waals surface area (Å²) in [6, 6.07) is 3.85. The van der Waals surface area contributed by atoms with Gasteiger partial charge >= 0.3 is 6.09 Å². The van der Waals surface area contributed by atoms with Crippen LogP contribution < -0.4 is 19.1 Å². The fourth-order valence-corrected chi connectivity index (χ4v) is 3.51. The summed E-state index contributed by atoms with van der Waals surface area (Å²) in [4.78, 5) is 23.2. The number of hydrogen-bond acceptors (Lipinski definition) is 7. The number of methoxy groups -OCH3 is 1. The molecular weight excluding hydrogens is 364 g/mol. The number of ether oxygens (including phenoxy) is 3. The van der Waals surface area contributed by atoms with Crippen molar-refractivity contribution in [1.29, 1.82) is 0 Å². The van der Waals surface area contributed by atoms with Gasteiger partial charge < -0.3 is 29.1 Å². The van der Waals surface area contributed by atoms with Crippen molar-refractivity contribution >= 4 is 17.5 Å². The van der Waals surface area contributed by atoms with Crippen LogP contribution in [-0.2, 0) is 0 Å². The molecule has 1 saturated heterocycles. The van der Waals surface area contributed by atoms with Gasteiger partial charge in [0.15, 0.2) is 5.75 Å². The van der Waals surface area contributed by atoms with Gasteiger partial charge in [0.05, 0.1) is 44.0 Å². The Morgan fingerprint density at radius 1 is 1.29 bits per heavy atom. The summed E-state index contributed by atoms with van der Waals surface area (Å²) >= 11 is 0. The highest BCUT2D eigenvalue weighted by Gasteiger charge is 2.28. The van der Waals surface area contributed by atoms with E-state index in [9.17, 15) is 4.79 Å². The van der Waals surface area contributed by atoms with E-state index in [4.69, 9.17) is 19.3 Å². The number of anilines is 2. The van der Waals surface area contributed by atoms with Crippen LogP contribution in [0, 0.1) is 6.92 Å². The molecule has 1 unspecified atom stereocenters. The lowest BCUT2D eigenvalue weighted by atomic mass is 10.2. The Morgan fingerprint density at radius 3 is 2.86 bits per heavy atom. The molecule has 0 radical (unpaired) electrons. The number of hydrogen-bond donors (Lipinski definition) is 1. The van der Waals surface area contributed by atoms with Gasteiger partial charge in [0.25, 0.3) is 0 Å². The highest BCUT2D eigenvalue weighted by Crippen LogP contribution is 2.38. The van der Waals surface area contributed by atoms with E-state index in [2.05, 4.69) is 14.9 Å². The zero-order valence-corrected chi connectivity index (χ0v) is 15.8. The summed E-state index contributed by atoms with van der Waals surface area (Å²) in [5.41, 5.74) is 2.71. The van der Waals surface area contributed by atoms with E-state index in [1.165, 1.54) is 4.90 Å². The van der Waals surface area contributed by atoms with Crippen molar-refractivity contribution in [3.05, 3.63) is 30.1 Å². The first kappa shape index (κ1) is 18.1. The topological polar surface area (TPSA) is 97.3 Å². The molecule has 0 bridgehead atoms. The molecule has 1 atom stereocenters. The molecule has 9 heteroatoms. The number of aryl methyl sites for hydroxylation is 1. The molecule has 4 rings (SSSR count). The van der Waals surface area contributed by atoms with Gasteiger partial charge in [-0.05, 0) is 13.0 Å². The second kappa shape index (κ2) is 7.41. The highest BCUT2D eigenvalue weighted by molar-refractivity contribution is 5.71. The summed E-state index contributed by atoms with van der Waals surface area (Å²) in [5.74, 6) is 1.72. The second-order valence-corrected chi connectivity index (χ2v) is 6.77. The zero-order valence-electron chi connectivity index (χ0n) is 15.8. The molecule has 0 saturated carbocycles. The van der Waals surface area contributed by atoms with Crippen LogP contribution in [0.3, 0.4) is 0 Å². The van der Waals surface area contributed by atoms with Crippen LogP contribution in [0.4, 0.5) is 16.2 Å². The predicted octanol–water partition coefficient (Wildman–Crippen LogP) is 2.46. The van der Waals surface area contributed by atoms with E-state index < -0.39 is 6.09 Å². The standard InChI is InChI=1S/C19H22N4O5/c1-12-7-13(9-21-18(12)26-2)23-5-6-27-16-10-20-17(8-15(16)23)28-14-3-4-22(11-14)19(24)25/h7-10,14H,3-6,11H2,1-2H3,(H,24,25). The van der Waals surface area contributed by atoms with Crippen LogP contribution in [0.2, 0.25) is 0 Å². The zero-order chi connectivity index (χ0) is 19.7. The largest absolute Gasteiger partial charge is 0.488 e. The van der Waals surface area contributed by atoms with Gasteiger partial charge in [-0.1, -0.05) is 0 Å². The molecule has 148 valence electrons. The van der Waals surface area contributed by atoms with Gasteiger partial charge in [0.2, 0.25) is 11.8 Å². The average molecular weight is 386 g/mol. The van der Waals surface area contributed by atoms with Gasteiger partial charge in [0.1, 0.15) is 12.7 Å². The maximum Gasteiger partial charge on any atom is 0.407 e. The molecule has 28 heavy (non-hydrogen) atoms. The molecule has 1 N–H and O–H groups in total. The Balaban J connectivity index is 1.57. The third-order valence-corrected chi connectivity index (χ3v) is 4.91. The molecule has 9 nitrogen and oxygen atoms in total. The Labute approximate surface area is 162 Å². The van der Waals surface area contributed by atoms with Gasteiger partial charge in [-0.25, -0.2) is 14.8 Å². The Bertz CT molecular complexity index is 891. The van der Waals surface area contributed by atoms with Crippen molar-refractivity contribution in [2.75, 3.05) is 38.3 Å². The summed E-state index contributed by atoms with van der Waals surface area (Å²) in [5, 5.41) is 9.09. The van der Waals surface area contributed by atoms with Crippen LogP contribution in [-0.4, -0.2) is 65.5 Å². The van der Waals surface area contributed by atoms with Gasteiger partial charge in [-0.15, -0.1) is 0 Å². The molecule has 2 aliphatic heterocycles. The van der Waals surface area contributed by atoms with Crippen LogP contribution in [0.5, 0.6) is 17.5 Å². The molecule has 1 amide bonds. The van der Waals surface area contributed by atoms with Gasteiger partial charge in [0, 0.05) is 24.6 Å². The Morgan fingerprint density at radius 2 is 2.14 bits per heavy atom. The summed E-state index contributed by atoms with van der Waals surface area (Å²) in [6.07, 6.45) is 2.93. The molecular formula is C19H22N4O5. The quantitative estimate of drug-likeness (QED) is 0.856. The Kier molecular flexibility index (Phi) is 4.81. The normalized spacial score (nSPS) is 18.4. The fourth-order valence-electron chi connectivity index (χ4n) is 3.51. The van der Waals surface area contributed by atoms with Gasteiger partial charge in [-0.2, -0.15) is 0 Å². The number of rotatable bonds is 4. The number of nitrogens with zero attached hydrogens (tertiary/aromatic N) is 4. The van der Waals surface area contributed by atoms with Gasteiger partial charge in [-0.3, -0.25) is 0 Å². The first-order valence-electron chi connectivity index (χ1n) is 9.10. The Hall–Kier alpha value is -3.23. The van der Waals surface area contributed by atoms with E-state index in [1.807, 2.05) is 19.1 Å². The number of carboxylic acid groups (broad SMARTS) is 1. The van der Waals surface area contributed by atoms with Crippen molar-refractivity contribution < 1.29 is 24.1 Å². The number of aromatic nitrogens is 2. The van der Waals surface area contributed by atoms with Crippen molar-refractivity contribution in [2.45, 2.75) is 19.4 Å². The summed E-state index contributed by atoms with van der Waals surface area (Å²) < 4.78 is 16.9. The van der Waals surface area contributed by atoms with E-state index in [0.717, 1.165) is 16.9 Å². The number of fused-ring (bicyclic) bond motifs is 1. The lowest BCUT2D eigenvalue weighted by molar-refractivity contribution is 0.144. The lowest BCUT2D eigenvalue weighted by Gasteiger charge is -2.31. The number of amides is 1. The minimum atomic E-state index is -0.925. The minimum Gasteiger partial charge on any atom is -0.488 e. The van der Waals surface area contributed by atoms with E-state index in [0.29, 0.717) is 50.2 Å². The van der Waals surface area contributed by atoms with E-state index in [1.54, 1.807) is 19.5 Å². The van der Waals surface area contributed by atoms with Crippen molar-refractivity contribution in [3.8, 4) is 17.5 Å². The summed E-state index contributed by atoms with van der Waals surface area (Å²) in [7, 11) is 1.60. The molecule has 0 spiro atoms. The first-order valence-corrected chi connectivity index (χ1v) is 9.10. The van der Waals surface area contributed by atoms with Crippen LogP contribution in [0.1, 0.15) is 12.0 Å². The second-order valence-electron chi connectivity index (χ2n) is 6.77.